The fraction of sp³-hybridized carbons (Fsp3) is 0.176. The van der Waals surface area contributed by atoms with E-state index in [9.17, 15) is 9.59 Å². The number of hydrogen-bond acceptors (Lipinski definition) is 6. The van der Waals surface area contributed by atoms with Crippen LogP contribution in [0.3, 0.4) is 0 Å². The molecule has 0 bridgehead atoms. The highest BCUT2D eigenvalue weighted by Crippen LogP contribution is 2.19. The number of carbonyl (C=O) groups is 2. The monoisotopic (exact) mass is 356 g/mol. The van der Waals surface area contributed by atoms with Gasteiger partial charge in [0.25, 0.3) is 0 Å². The number of Topliss-reactive ketones (excluding diaryl/α,β-unsaturated/α-hetero) is 1. The number of para-hydroxylation sites is 1. The number of nitrogens with one attached hydrogen (secondary N) is 1. The predicted molar refractivity (Wildman–Crippen MR) is 93.6 cm³/mol. The van der Waals surface area contributed by atoms with E-state index in [1.54, 1.807) is 41.4 Å². The van der Waals surface area contributed by atoms with Gasteiger partial charge in [0, 0.05) is 5.56 Å². The van der Waals surface area contributed by atoms with E-state index in [0.29, 0.717) is 23.0 Å². The Kier molecular flexibility index (Phi) is 5.30. The van der Waals surface area contributed by atoms with Crippen LogP contribution >= 0.6 is 11.8 Å². The topological polar surface area (TPSA) is 90.0 Å². The average Bonchev–Trinajstić information content (AvgIpc) is 3.26. The Labute approximate surface area is 148 Å². The molecular weight excluding hydrogens is 340 g/mol. The van der Waals surface area contributed by atoms with Gasteiger partial charge in [-0.15, -0.1) is 10.2 Å². The molecule has 0 unspecified atom stereocenters. The first-order chi connectivity index (χ1) is 12.1. The van der Waals surface area contributed by atoms with Crippen LogP contribution in [0.15, 0.2) is 58.6 Å². The summed E-state index contributed by atoms with van der Waals surface area (Å²) in [6.07, 6.45) is 3.19. The third-order valence-corrected chi connectivity index (χ3v) is 4.38. The van der Waals surface area contributed by atoms with Crippen LogP contribution in [0.5, 0.6) is 0 Å². The first kappa shape index (κ1) is 17.0. The van der Waals surface area contributed by atoms with Crippen molar-refractivity contribution in [3.63, 3.8) is 0 Å². The Balaban J connectivity index is 1.60. The summed E-state index contributed by atoms with van der Waals surface area (Å²) in [6.45, 7) is 1.97. The maximum absolute atomic E-state index is 12.2. The fourth-order valence-corrected chi connectivity index (χ4v) is 2.97. The van der Waals surface area contributed by atoms with Crippen molar-refractivity contribution in [2.24, 2.45) is 0 Å². The van der Waals surface area contributed by atoms with Crippen molar-refractivity contribution in [1.82, 2.24) is 14.8 Å². The second kappa shape index (κ2) is 7.80. The van der Waals surface area contributed by atoms with Gasteiger partial charge >= 0.3 is 0 Å². The summed E-state index contributed by atoms with van der Waals surface area (Å²) in [7, 11) is 0. The first-order valence-electron chi connectivity index (χ1n) is 7.56. The summed E-state index contributed by atoms with van der Waals surface area (Å²) in [5, 5.41) is 11.3. The SMILES string of the molecule is CC(=O)c1ccccc1NC(=O)CSc1nncn1Cc1ccco1. The molecule has 3 rings (SSSR count). The number of benzene rings is 1. The van der Waals surface area contributed by atoms with Gasteiger partial charge in [0.15, 0.2) is 10.9 Å². The van der Waals surface area contributed by atoms with Crippen molar-refractivity contribution in [2.75, 3.05) is 11.1 Å². The van der Waals surface area contributed by atoms with E-state index < -0.39 is 0 Å². The number of amides is 1. The summed E-state index contributed by atoms with van der Waals surface area (Å²) in [6, 6.07) is 10.6. The molecule has 0 saturated heterocycles. The van der Waals surface area contributed by atoms with E-state index in [2.05, 4.69) is 15.5 Å². The number of furan rings is 1. The van der Waals surface area contributed by atoms with E-state index in [4.69, 9.17) is 4.42 Å². The lowest BCUT2D eigenvalue weighted by Crippen LogP contribution is -2.16. The molecule has 1 N–H and O–H groups in total. The van der Waals surface area contributed by atoms with Gasteiger partial charge < -0.3 is 14.3 Å². The smallest absolute Gasteiger partial charge is 0.234 e. The van der Waals surface area contributed by atoms with Crippen molar-refractivity contribution >= 4 is 29.1 Å². The van der Waals surface area contributed by atoms with Crippen LogP contribution in [0.1, 0.15) is 23.0 Å². The number of carbonyl (C=O) groups excluding carboxylic acids is 2. The number of nitrogens with zero attached hydrogens (tertiary/aromatic N) is 3. The van der Waals surface area contributed by atoms with Crippen LogP contribution in [-0.2, 0) is 11.3 Å². The molecule has 7 nitrogen and oxygen atoms in total. The molecule has 0 aliphatic carbocycles. The Morgan fingerprint density at radius 3 is 2.84 bits per heavy atom. The van der Waals surface area contributed by atoms with E-state index in [0.717, 1.165) is 5.76 Å². The molecule has 1 amide bonds. The Morgan fingerprint density at radius 1 is 1.24 bits per heavy atom. The molecule has 0 saturated carbocycles. The average molecular weight is 356 g/mol. The molecule has 1 aromatic carbocycles. The lowest BCUT2D eigenvalue weighted by Gasteiger charge is -2.09. The number of rotatable bonds is 7. The number of hydrogen-bond donors (Lipinski definition) is 1. The van der Waals surface area contributed by atoms with Gasteiger partial charge in [-0.1, -0.05) is 23.9 Å². The van der Waals surface area contributed by atoms with E-state index in [-0.39, 0.29) is 17.4 Å². The number of aromatic nitrogens is 3. The molecule has 0 radical (unpaired) electrons. The van der Waals surface area contributed by atoms with Gasteiger partial charge in [0.05, 0.1) is 24.2 Å². The van der Waals surface area contributed by atoms with Gasteiger partial charge in [-0.05, 0) is 31.2 Å². The molecule has 0 spiro atoms. The molecular formula is C17H16N4O3S. The zero-order valence-electron chi connectivity index (χ0n) is 13.5. The van der Waals surface area contributed by atoms with Gasteiger partial charge in [0.2, 0.25) is 5.91 Å². The fourth-order valence-electron chi connectivity index (χ4n) is 2.25. The third-order valence-electron chi connectivity index (χ3n) is 3.40. The molecule has 0 fully saturated rings. The predicted octanol–water partition coefficient (Wildman–Crippen LogP) is 2.85. The van der Waals surface area contributed by atoms with Crippen molar-refractivity contribution in [1.29, 1.82) is 0 Å². The molecule has 0 aliphatic heterocycles. The Bertz CT molecular complexity index is 874. The number of thioether (sulfide) groups is 1. The maximum atomic E-state index is 12.2. The van der Waals surface area contributed by atoms with Crippen LogP contribution in [0, 0.1) is 0 Å². The molecule has 128 valence electrons. The number of anilines is 1. The highest BCUT2D eigenvalue weighted by Gasteiger charge is 2.12. The molecule has 2 heterocycles. The minimum Gasteiger partial charge on any atom is -0.467 e. The minimum absolute atomic E-state index is 0.0956. The molecule has 8 heteroatoms. The molecule has 0 atom stereocenters. The molecule has 2 aromatic heterocycles. The van der Waals surface area contributed by atoms with E-state index >= 15 is 0 Å². The lowest BCUT2D eigenvalue weighted by molar-refractivity contribution is -0.113. The van der Waals surface area contributed by atoms with E-state index in [1.165, 1.54) is 18.7 Å². The van der Waals surface area contributed by atoms with Gasteiger partial charge in [0.1, 0.15) is 12.1 Å². The highest BCUT2D eigenvalue weighted by molar-refractivity contribution is 7.99. The second-order valence-corrected chi connectivity index (χ2v) is 6.20. The van der Waals surface area contributed by atoms with Crippen molar-refractivity contribution in [3.8, 4) is 0 Å². The van der Waals surface area contributed by atoms with Crippen LogP contribution in [0.2, 0.25) is 0 Å². The zero-order valence-corrected chi connectivity index (χ0v) is 14.3. The molecule has 3 aromatic rings. The van der Waals surface area contributed by atoms with Crippen molar-refractivity contribution in [2.45, 2.75) is 18.6 Å². The first-order valence-corrected chi connectivity index (χ1v) is 8.55. The minimum atomic E-state index is -0.216. The summed E-state index contributed by atoms with van der Waals surface area (Å²) in [4.78, 5) is 23.8. The Hall–Kier alpha value is -2.87. The quantitative estimate of drug-likeness (QED) is 0.517. The molecule has 25 heavy (non-hydrogen) atoms. The zero-order chi connectivity index (χ0) is 17.6. The van der Waals surface area contributed by atoms with Crippen LogP contribution in [-0.4, -0.2) is 32.2 Å². The summed E-state index contributed by atoms with van der Waals surface area (Å²) >= 11 is 1.27. The third kappa shape index (κ3) is 4.36. The van der Waals surface area contributed by atoms with Crippen molar-refractivity contribution < 1.29 is 14.0 Å². The molecule has 0 aliphatic rings. The van der Waals surface area contributed by atoms with Crippen LogP contribution in [0.25, 0.3) is 0 Å². The summed E-state index contributed by atoms with van der Waals surface area (Å²) in [5.74, 6) is 0.623. The van der Waals surface area contributed by atoms with Gasteiger partial charge in [-0.2, -0.15) is 0 Å². The standard InChI is InChI=1S/C17H16N4O3S/c1-12(22)14-6-2-3-7-15(14)19-16(23)10-25-17-20-18-11-21(17)9-13-5-4-8-24-13/h2-8,11H,9-10H2,1H3,(H,19,23). The lowest BCUT2D eigenvalue weighted by atomic mass is 10.1. The summed E-state index contributed by atoms with van der Waals surface area (Å²) < 4.78 is 7.11. The highest BCUT2D eigenvalue weighted by atomic mass is 32.2. The van der Waals surface area contributed by atoms with Gasteiger partial charge in [-0.3, -0.25) is 9.59 Å². The maximum Gasteiger partial charge on any atom is 0.234 e. The normalized spacial score (nSPS) is 10.6. The summed E-state index contributed by atoms with van der Waals surface area (Å²) in [5.41, 5.74) is 1.000. The van der Waals surface area contributed by atoms with Gasteiger partial charge in [-0.25, -0.2) is 0 Å². The van der Waals surface area contributed by atoms with Crippen molar-refractivity contribution in [3.05, 3.63) is 60.3 Å². The second-order valence-electron chi connectivity index (χ2n) is 5.26. The van der Waals surface area contributed by atoms with Crippen LogP contribution < -0.4 is 5.32 Å². The largest absolute Gasteiger partial charge is 0.467 e. The van der Waals surface area contributed by atoms with E-state index in [1.807, 2.05) is 12.1 Å². The number of ketones is 1. The Morgan fingerprint density at radius 2 is 2.08 bits per heavy atom. The van der Waals surface area contributed by atoms with Crippen LogP contribution in [0.4, 0.5) is 5.69 Å².